The second-order valence-corrected chi connectivity index (χ2v) is 9.01. The standard InChI is InChI=1S/C28H34O7/c1-16(2)8-6-9-17(3)10-7-11-19-20(29)14-23-26(27(19)31)21(30)15-22(35-23)18-12-24(33-4)28(32)25(13-18)34-5/h8,10,12-14,22,29,31-32H,6-7,9,11,15H2,1-5H3. The van der Waals surface area contributed by atoms with Gasteiger partial charge in [0.1, 0.15) is 28.9 Å². The topological polar surface area (TPSA) is 105 Å². The summed E-state index contributed by atoms with van der Waals surface area (Å²) in [6.45, 7) is 6.22. The summed E-state index contributed by atoms with van der Waals surface area (Å²) in [5.41, 5.74) is 3.50. The number of ether oxygens (including phenoxy) is 3. The minimum atomic E-state index is -0.700. The lowest BCUT2D eigenvalue weighted by atomic mass is 9.92. The van der Waals surface area contributed by atoms with Crippen LogP contribution in [0.2, 0.25) is 0 Å². The second-order valence-electron chi connectivity index (χ2n) is 9.01. The molecule has 3 rings (SSSR count). The monoisotopic (exact) mass is 482 g/mol. The average Bonchev–Trinajstić information content (AvgIpc) is 2.80. The van der Waals surface area contributed by atoms with Gasteiger partial charge in [0.2, 0.25) is 5.75 Å². The molecule has 1 heterocycles. The van der Waals surface area contributed by atoms with Crippen LogP contribution in [0.25, 0.3) is 0 Å². The first-order chi connectivity index (χ1) is 16.7. The first kappa shape index (κ1) is 26.0. The molecule has 1 aliphatic heterocycles. The van der Waals surface area contributed by atoms with Gasteiger partial charge in [0, 0.05) is 17.2 Å². The molecule has 0 spiro atoms. The highest BCUT2D eigenvalue weighted by Gasteiger charge is 2.33. The van der Waals surface area contributed by atoms with Crippen LogP contribution in [0.4, 0.5) is 0 Å². The molecular weight excluding hydrogens is 448 g/mol. The third kappa shape index (κ3) is 5.91. The Morgan fingerprint density at radius 3 is 2.26 bits per heavy atom. The number of carbonyl (C=O) groups excluding carboxylic acids is 1. The van der Waals surface area contributed by atoms with Crippen molar-refractivity contribution >= 4 is 5.78 Å². The van der Waals surface area contributed by atoms with Crippen molar-refractivity contribution in [3.8, 4) is 34.5 Å². The van der Waals surface area contributed by atoms with E-state index in [-0.39, 0.29) is 52.3 Å². The first-order valence-electron chi connectivity index (χ1n) is 11.7. The van der Waals surface area contributed by atoms with E-state index in [1.165, 1.54) is 31.4 Å². The van der Waals surface area contributed by atoms with Crippen molar-refractivity contribution in [2.75, 3.05) is 14.2 Å². The van der Waals surface area contributed by atoms with Crippen LogP contribution in [-0.4, -0.2) is 35.3 Å². The lowest BCUT2D eigenvalue weighted by Crippen LogP contribution is -2.21. The van der Waals surface area contributed by atoms with Crippen LogP contribution in [-0.2, 0) is 6.42 Å². The van der Waals surface area contributed by atoms with Gasteiger partial charge in [0.15, 0.2) is 17.3 Å². The summed E-state index contributed by atoms with van der Waals surface area (Å²) < 4.78 is 16.4. The fourth-order valence-electron chi connectivity index (χ4n) is 4.19. The average molecular weight is 483 g/mol. The van der Waals surface area contributed by atoms with Crippen molar-refractivity contribution in [2.45, 2.75) is 59.0 Å². The van der Waals surface area contributed by atoms with Gasteiger partial charge in [-0.15, -0.1) is 0 Å². The number of allylic oxidation sites excluding steroid dienone is 4. The maximum absolute atomic E-state index is 13.0. The van der Waals surface area contributed by atoms with E-state index in [9.17, 15) is 20.1 Å². The Kier molecular flexibility index (Phi) is 8.33. The number of aromatic hydroxyl groups is 3. The molecule has 3 N–H and O–H groups in total. The van der Waals surface area contributed by atoms with Gasteiger partial charge in [-0.1, -0.05) is 23.3 Å². The number of phenolic OH excluding ortho intramolecular Hbond substituents is 3. The number of methoxy groups -OCH3 is 2. The van der Waals surface area contributed by atoms with Crippen LogP contribution >= 0.6 is 0 Å². The van der Waals surface area contributed by atoms with Crippen molar-refractivity contribution in [3.63, 3.8) is 0 Å². The van der Waals surface area contributed by atoms with E-state index < -0.39 is 6.10 Å². The predicted octanol–water partition coefficient (Wildman–Crippen LogP) is 6.15. The molecule has 0 saturated heterocycles. The maximum Gasteiger partial charge on any atom is 0.200 e. The zero-order chi connectivity index (χ0) is 25.7. The number of benzene rings is 2. The Labute approximate surface area is 206 Å². The molecule has 1 aliphatic rings. The number of phenols is 3. The van der Waals surface area contributed by atoms with Gasteiger partial charge in [-0.2, -0.15) is 0 Å². The highest BCUT2D eigenvalue weighted by Crippen LogP contribution is 2.47. The highest BCUT2D eigenvalue weighted by molar-refractivity contribution is 6.03. The van der Waals surface area contributed by atoms with Gasteiger partial charge >= 0.3 is 0 Å². The van der Waals surface area contributed by atoms with E-state index in [2.05, 4.69) is 32.9 Å². The highest BCUT2D eigenvalue weighted by atomic mass is 16.5. The van der Waals surface area contributed by atoms with Crippen LogP contribution in [0, 0.1) is 0 Å². The van der Waals surface area contributed by atoms with Gasteiger partial charge < -0.3 is 29.5 Å². The van der Waals surface area contributed by atoms with Crippen molar-refractivity contribution in [1.82, 2.24) is 0 Å². The number of carbonyl (C=O) groups is 1. The van der Waals surface area contributed by atoms with Crippen LogP contribution in [0.3, 0.4) is 0 Å². The van der Waals surface area contributed by atoms with Crippen molar-refractivity contribution in [2.24, 2.45) is 0 Å². The molecule has 35 heavy (non-hydrogen) atoms. The molecule has 0 aromatic heterocycles. The summed E-state index contributed by atoms with van der Waals surface area (Å²) in [5, 5.41) is 31.6. The third-order valence-electron chi connectivity index (χ3n) is 6.12. The first-order valence-corrected chi connectivity index (χ1v) is 11.7. The molecule has 0 fully saturated rings. The summed E-state index contributed by atoms with van der Waals surface area (Å²) in [7, 11) is 2.83. The fraction of sp³-hybridized carbons (Fsp3) is 0.393. The third-order valence-corrected chi connectivity index (χ3v) is 6.12. The quantitative estimate of drug-likeness (QED) is 0.368. The molecular formula is C28H34O7. The molecule has 0 bridgehead atoms. The molecule has 0 saturated carbocycles. The molecule has 0 aliphatic carbocycles. The van der Waals surface area contributed by atoms with E-state index in [1.807, 2.05) is 0 Å². The number of hydrogen-bond acceptors (Lipinski definition) is 7. The van der Waals surface area contributed by atoms with Crippen molar-refractivity contribution in [3.05, 3.63) is 58.2 Å². The Morgan fingerprint density at radius 2 is 1.66 bits per heavy atom. The predicted molar refractivity (Wildman–Crippen MR) is 134 cm³/mol. The van der Waals surface area contributed by atoms with E-state index in [0.717, 1.165) is 12.8 Å². The lowest BCUT2D eigenvalue weighted by Gasteiger charge is -2.27. The normalized spacial score (nSPS) is 15.3. The Bertz CT molecular complexity index is 1130. The molecule has 2 aromatic carbocycles. The van der Waals surface area contributed by atoms with E-state index in [1.54, 1.807) is 12.1 Å². The summed E-state index contributed by atoms with van der Waals surface area (Å²) >= 11 is 0. The van der Waals surface area contributed by atoms with Crippen LogP contribution < -0.4 is 14.2 Å². The van der Waals surface area contributed by atoms with Crippen LogP contribution in [0.1, 0.15) is 74.0 Å². The molecule has 0 radical (unpaired) electrons. The number of ketones is 1. The van der Waals surface area contributed by atoms with Gasteiger partial charge in [-0.25, -0.2) is 0 Å². The van der Waals surface area contributed by atoms with E-state index in [0.29, 0.717) is 24.0 Å². The number of fused-ring (bicyclic) bond motifs is 1. The molecule has 1 atom stereocenters. The summed E-state index contributed by atoms with van der Waals surface area (Å²) in [4.78, 5) is 13.0. The minimum absolute atomic E-state index is 0.0226. The second kappa shape index (κ2) is 11.2. The van der Waals surface area contributed by atoms with Crippen LogP contribution in [0.5, 0.6) is 34.5 Å². The molecule has 7 nitrogen and oxygen atoms in total. The van der Waals surface area contributed by atoms with Gasteiger partial charge in [0.05, 0.1) is 20.6 Å². The maximum atomic E-state index is 13.0. The molecule has 7 heteroatoms. The van der Waals surface area contributed by atoms with Gasteiger partial charge in [-0.3, -0.25) is 4.79 Å². The minimum Gasteiger partial charge on any atom is -0.507 e. The van der Waals surface area contributed by atoms with Gasteiger partial charge in [0.25, 0.3) is 0 Å². The Hall–Kier alpha value is -3.61. The number of hydrogen-bond donors (Lipinski definition) is 3. The molecule has 2 aromatic rings. The van der Waals surface area contributed by atoms with E-state index >= 15 is 0 Å². The zero-order valence-corrected chi connectivity index (χ0v) is 21.0. The van der Waals surface area contributed by atoms with E-state index in [4.69, 9.17) is 14.2 Å². The number of rotatable bonds is 9. The SMILES string of the molecule is COc1cc(C2CC(=O)c3c(cc(O)c(CCC=C(C)CCC=C(C)C)c3O)O2)cc(OC)c1O. The fourth-order valence-corrected chi connectivity index (χ4v) is 4.19. The zero-order valence-electron chi connectivity index (χ0n) is 21.0. The number of Topliss-reactive ketones (excluding diaryl/α,β-unsaturated/α-hetero) is 1. The van der Waals surface area contributed by atoms with Crippen LogP contribution in [0.15, 0.2) is 41.5 Å². The largest absolute Gasteiger partial charge is 0.507 e. The summed E-state index contributed by atoms with van der Waals surface area (Å²) in [5.74, 6) is -0.315. The molecule has 0 amide bonds. The molecule has 188 valence electrons. The summed E-state index contributed by atoms with van der Waals surface area (Å²) in [6, 6.07) is 4.52. The smallest absolute Gasteiger partial charge is 0.200 e. The Balaban J connectivity index is 1.81. The Morgan fingerprint density at radius 1 is 1.00 bits per heavy atom. The van der Waals surface area contributed by atoms with Crippen molar-refractivity contribution in [1.29, 1.82) is 0 Å². The summed E-state index contributed by atoms with van der Waals surface area (Å²) in [6.07, 6.45) is 6.53. The molecule has 1 unspecified atom stereocenters. The lowest BCUT2D eigenvalue weighted by molar-refractivity contribution is 0.0843. The van der Waals surface area contributed by atoms with Gasteiger partial charge in [-0.05, 0) is 58.6 Å². The van der Waals surface area contributed by atoms with Crippen molar-refractivity contribution < 1.29 is 34.3 Å².